The van der Waals surface area contributed by atoms with Crippen LogP contribution in [0, 0.1) is 6.92 Å². The van der Waals surface area contributed by atoms with E-state index in [1.54, 1.807) is 32.2 Å². The number of sulfonamides is 1. The number of amides is 1. The van der Waals surface area contributed by atoms with Crippen LogP contribution in [0.1, 0.15) is 16.7 Å². The summed E-state index contributed by atoms with van der Waals surface area (Å²) in [5.41, 5.74) is 2.86. The Balaban J connectivity index is 2.03. The van der Waals surface area contributed by atoms with Crippen LogP contribution in [0.15, 0.2) is 77.7 Å². The topological polar surface area (TPSA) is 84.5 Å². The smallest absolute Gasteiger partial charge is 0.256 e. The largest absolute Gasteiger partial charge is 0.496 e. The minimum Gasteiger partial charge on any atom is -0.496 e. The zero-order valence-corrected chi connectivity index (χ0v) is 18.4. The monoisotopic (exact) mass is 436 g/mol. The van der Waals surface area contributed by atoms with Crippen LogP contribution < -0.4 is 14.8 Å². The third-order valence-corrected chi connectivity index (χ3v) is 6.33. The lowest BCUT2D eigenvalue weighted by atomic mass is 10.0. The summed E-state index contributed by atoms with van der Waals surface area (Å²) in [4.78, 5) is 13.4. The van der Waals surface area contributed by atoms with Crippen molar-refractivity contribution < 1.29 is 17.9 Å². The van der Waals surface area contributed by atoms with Gasteiger partial charge in [-0.1, -0.05) is 54.6 Å². The van der Waals surface area contributed by atoms with Gasteiger partial charge in [-0.25, -0.2) is 13.1 Å². The molecule has 1 amide bonds. The van der Waals surface area contributed by atoms with E-state index in [2.05, 4.69) is 10.0 Å². The Morgan fingerprint density at radius 3 is 2.32 bits per heavy atom. The average Bonchev–Trinajstić information content (AvgIpc) is 2.79. The number of aryl methyl sites for hydroxylation is 1. The van der Waals surface area contributed by atoms with Crippen LogP contribution in [0.3, 0.4) is 0 Å². The second kappa shape index (κ2) is 9.59. The van der Waals surface area contributed by atoms with E-state index < -0.39 is 10.0 Å². The van der Waals surface area contributed by atoms with Gasteiger partial charge in [0.15, 0.2) is 0 Å². The van der Waals surface area contributed by atoms with Crippen molar-refractivity contribution in [3.8, 4) is 5.75 Å². The normalized spacial score (nSPS) is 11.8. The standard InChI is InChI=1S/C24H24N2O4S/c1-17-13-14-20(16-23(17)31(28,29)25-2)26-24(27)21(18-9-5-4-6-10-18)15-19-11-7-8-12-22(19)30-3/h4-16,25H,1-3H3,(H,26,27)/b21-15+. The summed E-state index contributed by atoms with van der Waals surface area (Å²) in [5, 5.41) is 2.82. The van der Waals surface area contributed by atoms with Gasteiger partial charge < -0.3 is 10.1 Å². The Kier molecular flexibility index (Phi) is 6.89. The summed E-state index contributed by atoms with van der Waals surface area (Å²) < 4.78 is 32.3. The van der Waals surface area contributed by atoms with Gasteiger partial charge in [-0.3, -0.25) is 4.79 Å². The first kappa shape index (κ1) is 22.3. The van der Waals surface area contributed by atoms with Gasteiger partial charge in [0.05, 0.1) is 12.0 Å². The molecule has 0 aliphatic heterocycles. The Morgan fingerprint density at radius 2 is 1.65 bits per heavy atom. The van der Waals surface area contributed by atoms with Crippen LogP contribution in [0.5, 0.6) is 5.75 Å². The number of hydrogen-bond donors (Lipinski definition) is 2. The van der Waals surface area contributed by atoms with Gasteiger partial charge in [-0.05, 0) is 49.4 Å². The van der Waals surface area contributed by atoms with E-state index in [4.69, 9.17) is 4.74 Å². The van der Waals surface area contributed by atoms with Crippen LogP contribution in [0.2, 0.25) is 0 Å². The quantitative estimate of drug-likeness (QED) is 0.432. The van der Waals surface area contributed by atoms with Crippen LogP contribution >= 0.6 is 0 Å². The summed E-state index contributed by atoms with van der Waals surface area (Å²) in [7, 11) is -0.724. The molecule has 0 heterocycles. The number of rotatable bonds is 7. The number of hydrogen-bond acceptors (Lipinski definition) is 4. The Hall–Kier alpha value is -3.42. The van der Waals surface area contributed by atoms with Crippen LogP contribution in [-0.2, 0) is 14.8 Å². The van der Waals surface area contributed by atoms with E-state index in [0.717, 1.165) is 11.1 Å². The van der Waals surface area contributed by atoms with Crippen LogP contribution in [0.4, 0.5) is 5.69 Å². The molecule has 0 aromatic heterocycles. The van der Waals surface area contributed by atoms with E-state index in [-0.39, 0.29) is 10.8 Å². The number of anilines is 1. The summed E-state index contributed by atoms with van der Waals surface area (Å²) >= 11 is 0. The van der Waals surface area contributed by atoms with Crippen molar-refractivity contribution in [3.63, 3.8) is 0 Å². The molecule has 0 aliphatic rings. The fourth-order valence-electron chi connectivity index (χ4n) is 3.11. The van der Waals surface area contributed by atoms with Crippen molar-refractivity contribution >= 4 is 33.3 Å². The molecular weight excluding hydrogens is 412 g/mol. The molecule has 0 radical (unpaired) electrons. The van der Waals surface area contributed by atoms with Crippen molar-refractivity contribution in [2.24, 2.45) is 0 Å². The first-order valence-electron chi connectivity index (χ1n) is 9.61. The molecular formula is C24H24N2O4S. The fourth-order valence-corrected chi connectivity index (χ4v) is 4.11. The minimum absolute atomic E-state index is 0.114. The summed E-state index contributed by atoms with van der Waals surface area (Å²) in [6.07, 6.45) is 1.75. The number of carbonyl (C=O) groups excluding carboxylic acids is 1. The SMILES string of the molecule is CNS(=O)(=O)c1cc(NC(=O)/C(=C/c2ccccc2OC)c2ccccc2)ccc1C. The highest BCUT2D eigenvalue weighted by molar-refractivity contribution is 7.89. The van der Waals surface area contributed by atoms with E-state index in [1.807, 2.05) is 54.6 Å². The number of ether oxygens (including phenoxy) is 1. The van der Waals surface area contributed by atoms with Crippen molar-refractivity contribution in [2.75, 3.05) is 19.5 Å². The maximum atomic E-state index is 13.2. The summed E-state index contributed by atoms with van der Waals surface area (Å²) in [6, 6.07) is 21.4. The first-order valence-corrected chi connectivity index (χ1v) is 11.1. The predicted molar refractivity (Wildman–Crippen MR) is 123 cm³/mol. The maximum Gasteiger partial charge on any atom is 0.256 e. The number of nitrogens with one attached hydrogen (secondary N) is 2. The molecule has 0 bridgehead atoms. The highest BCUT2D eigenvalue weighted by atomic mass is 32.2. The second-order valence-corrected chi connectivity index (χ2v) is 8.66. The number of para-hydroxylation sites is 1. The van der Waals surface area contributed by atoms with Crippen molar-refractivity contribution in [1.82, 2.24) is 4.72 Å². The molecule has 0 saturated carbocycles. The lowest BCUT2D eigenvalue weighted by Crippen LogP contribution is -2.20. The van der Waals surface area contributed by atoms with Gasteiger partial charge in [-0.15, -0.1) is 0 Å². The highest BCUT2D eigenvalue weighted by Gasteiger charge is 2.18. The van der Waals surface area contributed by atoms with Crippen molar-refractivity contribution in [1.29, 1.82) is 0 Å². The van der Waals surface area contributed by atoms with Gasteiger partial charge in [0.1, 0.15) is 5.75 Å². The molecule has 0 saturated heterocycles. The van der Waals surface area contributed by atoms with E-state index >= 15 is 0 Å². The molecule has 0 spiro atoms. The molecule has 0 aliphatic carbocycles. The summed E-state index contributed by atoms with van der Waals surface area (Å²) in [6.45, 7) is 1.70. The molecule has 0 fully saturated rings. The zero-order chi connectivity index (χ0) is 22.4. The van der Waals surface area contributed by atoms with E-state index in [0.29, 0.717) is 22.6 Å². The molecule has 0 unspecified atom stereocenters. The van der Waals surface area contributed by atoms with Gasteiger partial charge >= 0.3 is 0 Å². The first-order chi connectivity index (χ1) is 14.9. The summed E-state index contributed by atoms with van der Waals surface area (Å²) in [5.74, 6) is 0.273. The van der Waals surface area contributed by atoms with Crippen LogP contribution in [-0.4, -0.2) is 28.5 Å². The maximum absolute atomic E-state index is 13.2. The number of carbonyl (C=O) groups is 1. The molecule has 2 N–H and O–H groups in total. The molecule has 0 atom stereocenters. The molecule has 3 rings (SSSR count). The highest BCUT2D eigenvalue weighted by Crippen LogP contribution is 2.27. The third kappa shape index (κ3) is 5.20. The minimum atomic E-state index is -3.65. The lowest BCUT2D eigenvalue weighted by molar-refractivity contribution is -0.111. The fraction of sp³-hybridized carbons (Fsp3) is 0.125. The molecule has 3 aromatic rings. The Bertz CT molecular complexity index is 1220. The van der Waals surface area contributed by atoms with E-state index in [9.17, 15) is 13.2 Å². The van der Waals surface area contributed by atoms with Crippen molar-refractivity contribution in [3.05, 3.63) is 89.5 Å². The van der Waals surface area contributed by atoms with E-state index in [1.165, 1.54) is 13.1 Å². The third-order valence-electron chi connectivity index (χ3n) is 4.77. The molecule has 160 valence electrons. The number of methoxy groups -OCH3 is 1. The second-order valence-electron chi connectivity index (χ2n) is 6.81. The van der Waals surface area contributed by atoms with Gasteiger partial charge in [0.2, 0.25) is 10.0 Å². The molecule has 6 nitrogen and oxygen atoms in total. The average molecular weight is 437 g/mol. The molecule has 7 heteroatoms. The predicted octanol–water partition coefficient (Wildman–Crippen LogP) is 4.09. The zero-order valence-electron chi connectivity index (χ0n) is 17.5. The Morgan fingerprint density at radius 1 is 0.968 bits per heavy atom. The van der Waals surface area contributed by atoms with Gasteiger partial charge in [0.25, 0.3) is 5.91 Å². The van der Waals surface area contributed by atoms with Crippen LogP contribution in [0.25, 0.3) is 11.6 Å². The lowest BCUT2D eigenvalue weighted by Gasteiger charge is -2.13. The van der Waals surface area contributed by atoms with Crippen molar-refractivity contribution in [2.45, 2.75) is 11.8 Å². The Labute approximate surface area is 182 Å². The van der Waals surface area contributed by atoms with Gasteiger partial charge in [-0.2, -0.15) is 0 Å². The molecule has 3 aromatic carbocycles. The molecule has 31 heavy (non-hydrogen) atoms. The number of benzene rings is 3. The van der Waals surface area contributed by atoms with Gasteiger partial charge in [0, 0.05) is 16.8 Å².